The second kappa shape index (κ2) is 5.72. The Bertz CT molecular complexity index is 426. The van der Waals surface area contributed by atoms with Crippen LogP contribution in [0.2, 0.25) is 0 Å². The van der Waals surface area contributed by atoms with Crippen molar-refractivity contribution >= 4 is 6.09 Å². The van der Waals surface area contributed by atoms with Crippen molar-refractivity contribution < 1.29 is 14.4 Å². The van der Waals surface area contributed by atoms with Gasteiger partial charge in [0, 0.05) is 6.54 Å². The van der Waals surface area contributed by atoms with Gasteiger partial charge in [-0.2, -0.15) is 4.79 Å². The SMILES string of the molecule is CC(C)(C)OC(=O)[NH+]1CCNC(c2ccccc2)C1. The van der Waals surface area contributed by atoms with Crippen LogP contribution < -0.4 is 10.2 Å². The molecule has 0 aliphatic carbocycles. The van der Waals surface area contributed by atoms with E-state index in [0.717, 1.165) is 24.5 Å². The second-order valence-corrected chi connectivity index (χ2v) is 5.98. The van der Waals surface area contributed by atoms with Gasteiger partial charge in [0.1, 0.15) is 12.1 Å². The number of amides is 1. The smallest absolute Gasteiger partial charge is 0.414 e. The maximum atomic E-state index is 12.1. The average Bonchev–Trinajstić information content (AvgIpc) is 2.38. The molecule has 4 nitrogen and oxygen atoms in total. The minimum absolute atomic E-state index is 0.144. The third-order valence-electron chi connectivity index (χ3n) is 3.16. The molecule has 0 bridgehead atoms. The molecule has 1 amide bonds. The largest absolute Gasteiger partial charge is 0.514 e. The molecule has 1 aliphatic heterocycles. The molecule has 2 atom stereocenters. The Morgan fingerprint density at radius 1 is 1.32 bits per heavy atom. The number of alkyl carbamates (subject to hydrolysis) is 2. The monoisotopic (exact) mass is 263 g/mol. The number of carbonyl (C=O) groups is 1. The normalized spacial score (nSPS) is 23.9. The van der Waals surface area contributed by atoms with Crippen LogP contribution in [0.3, 0.4) is 0 Å². The van der Waals surface area contributed by atoms with Crippen LogP contribution in [0.1, 0.15) is 32.4 Å². The molecule has 0 radical (unpaired) electrons. The first kappa shape index (κ1) is 14.0. The first-order valence-corrected chi connectivity index (χ1v) is 6.82. The molecular weight excluding hydrogens is 240 g/mol. The summed E-state index contributed by atoms with van der Waals surface area (Å²) in [5.74, 6) is 0. The average molecular weight is 263 g/mol. The van der Waals surface area contributed by atoms with E-state index in [-0.39, 0.29) is 12.1 Å². The lowest BCUT2D eigenvalue weighted by molar-refractivity contribution is -0.831. The molecule has 1 heterocycles. The fraction of sp³-hybridized carbons (Fsp3) is 0.533. The number of carbonyl (C=O) groups excluding carboxylic acids is 1. The van der Waals surface area contributed by atoms with E-state index in [1.807, 2.05) is 39.0 Å². The van der Waals surface area contributed by atoms with Gasteiger partial charge in [0.2, 0.25) is 0 Å². The summed E-state index contributed by atoms with van der Waals surface area (Å²) in [7, 11) is 0. The van der Waals surface area contributed by atoms with Crippen molar-refractivity contribution in [3.05, 3.63) is 35.9 Å². The van der Waals surface area contributed by atoms with Gasteiger partial charge in [0.05, 0.1) is 12.6 Å². The van der Waals surface area contributed by atoms with Gasteiger partial charge in [0.25, 0.3) is 0 Å². The van der Waals surface area contributed by atoms with Crippen molar-refractivity contribution in [2.24, 2.45) is 0 Å². The topological polar surface area (TPSA) is 42.8 Å². The Morgan fingerprint density at radius 2 is 2.00 bits per heavy atom. The molecule has 2 unspecified atom stereocenters. The van der Waals surface area contributed by atoms with E-state index in [9.17, 15) is 4.79 Å². The summed E-state index contributed by atoms with van der Waals surface area (Å²) < 4.78 is 5.46. The van der Waals surface area contributed by atoms with Crippen LogP contribution in [-0.2, 0) is 4.74 Å². The molecule has 4 heteroatoms. The van der Waals surface area contributed by atoms with Crippen molar-refractivity contribution in [1.29, 1.82) is 0 Å². The minimum Gasteiger partial charge on any atom is -0.414 e. The number of nitrogens with one attached hydrogen (secondary N) is 2. The van der Waals surface area contributed by atoms with Crippen molar-refractivity contribution in [2.45, 2.75) is 32.4 Å². The zero-order valence-corrected chi connectivity index (χ0v) is 11.9. The van der Waals surface area contributed by atoms with Crippen LogP contribution >= 0.6 is 0 Å². The van der Waals surface area contributed by atoms with Gasteiger partial charge in [-0.05, 0) is 26.3 Å². The second-order valence-electron chi connectivity index (χ2n) is 5.98. The van der Waals surface area contributed by atoms with Crippen LogP contribution in [-0.4, -0.2) is 31.3 Å². The fourth-order valence-electron chi connectivity index (χ4n) is 2.27. The third kappa shape index (κ3) is 4.04. The van der Waals surface area contributed by atoms with Crippen LogP contribution in [0.4, 0.5) is 4.79 Å². The molecule has 19 heavy (non-hydrogen) atoms. The third-order valence-corrected chi connectivity index (χ3v) is 3.16. The van der Waals surface area contributed by atoms with Crippen molar-refractivity contribution in [3.8, 4) is 0 Å². The van der Waals surface area contributed by atoms with E-state index in [0.29, 0.717) is 0 Å². The summed E-state index contributed by atoms with van der Waals surface area (Å²) in [6.07, 6.45) is -0.144. The fourth-order valence-corrected chi connectivity index (χ4v) is 2.27. The zero-order chi connectivity index (χ0) is 13.9. The predicted molar refractivity (Wildman–Crippen MR) is 74.1 cm³/mol. The molecule has 0 spiro atoms. The van der Waals surface area contributed by atoms with Gasteiger partial charge >= 0.3 is 6.09 Å². The molecular formula is C15H23N2O2+. The molecule has 0 saturated carbocycles. The predicted octanol–water partition coefficient (Wildman–Crippen LogP) is 1.15. The van der Waals surface area contributed by atoms with Gasteiger partial charge in [-0.25, -0.2) is 4.90 Å². The molecule has 1 aromatic rings. The van der Waals surface area contributed by atoms with Gasteiger partial charge in [-0.1, -0.05) is 30.3 Å². The van der Waals surface area contributed by atoms with E-state index >= 15 is 0 Å². The Kier molecular flexibility index (Phi) is 4.22. The highest BCUT2D eigenvalue weighted by Crippen LogP contribution is 2.12. The lowest BCUT2D eigenvalue weighted by atomic mass is 10.1. The van der Waals surface area contributed by atoms with E-state index in [4.69, 9.17) is 4.74 Å². The summed E-state index contributed by atoms with van der Waals surface area (Å²) in [5.41, 5.74) is 0.806. The Hall–Kier alpha value is -1.39. The highest BCUT2D eigenvalue weighted by molar-refractivity contribution is 5.57. The highest BCUT2D eigenvalue weighted by atomic mass is 16.6. The maximum absolute atomic E-state index is 12.1. The quantitative estimate of drug-likeness (QED) is 0.799. The van der Waals surface area contributed by atoms with Crippen LogP contribution in [0.5, 0.6) is 0 Å². The number of rotatable bonds is 1. The number of ether oxygens (including phenoxy) is 1. The van der Waals surface area contributed by atoms with E-state index < -0.39 is 5.60 Å². The first-order valence-electron chi connectivity index (χ1n) is 6.82. The lowest BCUT2D eigenvalue weighted by Gasteiger charge is -2.30. The summed E-state index contributed by atoms with van der Waals surface area (Å²) in [6, 6.07) is 10.5. The van der Waals surface area contributed by atoms with Gasteiger partial charge in [-0.3, -0.25) is 5.32 Å². The highest BCUT2D eigenvalue weighted by Gasteiger charge is 2.32. The van der Waals surface area contributed by atoms with Crippen molar-refractivity contribution in [1.82, 2.24) is 5.32 Å². The van der Waals surface area contributed by atoms with Gasteiger partial charge in [0.15, 0.2) is 0 Å². The molecule has 2 N–H and O–H groups in total. The Balaban J connectivity index is 2.00. The molecule has 1 saturated heterocycles. The number of quaternary nitrogens is 1. The molecule has 1 aliphatic rings. The lowest BCUT2D eigenvalue weighted by Crippen LogP contribution is -3.17. The van der Waals surface area contributed by atoms with Crippen molar-refractivity contribution in [3.63, 3.8) is 0 Å². The summed E-state index contributed by atoms with van der Waals surface area (Å²) in [6.45, 7) is 8.05. The molecule has 1 aromatic carbocycles. The number of hydrogen-bond acceptors (Lipinski definition) is 3. The molecule has 2 rings (SSSR count). The minimum atomic E-state index is -0.419. The maximum Gasteiger partial charge on any atom is 0.514 e. The van der Waals surface area contributed by atoms with Crippen LogP contribution in [0.15, 0.2) is 30.3 Å². The van der Waals surface area contributed by atoms with Crippen molar-refractivity contribution in [2.75, 3.05) is 19.6 Å². The number of piperazine rings is 1. The number of benzene rings is 1. The zero-order valence-electron chi connectivity index (χ0n) is 11.9. The summed E-state index contributed by atoms with van der Waals surface area (Å²) in [4.78, 5) is 13.0. The number of hydrogen-bond donors (Lipinski definition) is 2. The Morgan fingerprint density at radius 3 is 2.63 bits per heavy atom. The Labute approximate surface area is 114 Å². The standard InChI is InChI=1S/C15H22N2O2/c1-15(2,3)19-14(18)17-10-9-16-13(11-17)12-7-5-4-6-8-12/h4-8,13,16H,9-11H2,1-3H3/p+1. The molecule has 1 fully saturated rings. The molecule has 0 aromatic heterocycles. The van der Waals surface area contributed by atoms with Crippen LogP contribution in [0, 0.1) is 0 Å². The van der Waals surface area contributed by atoms with Crippen LogP contribution in [0.25, 0.3) is 0 Å². The molecule has 104 valence electrons. The van der Waals surface area contributed by atoms with E-state index in [1.165, 1.54) is 5.56 Å². The summed E-state index contributed by atoms with van der Waals surface area (Å²) in [5, 5.41) is 3.45. The first-order chi connectivity index (χ1) is 8.96. The summed E-state index contributed by atoms with van der Waals surface area (Å²) >= 11 is 0. The van der Waals surface area contributed by atoms with E-state index in [1.54, 1.807) is 0 Å². The van der Waals surface area contributed by atoms with Gasteiger partial charge < -0.3 is 4.74 Å². The van der Waals surface area contributed by atoms with Gasteiger partial charge in [-0.15, -0.1) is 0 Å². The van der Waals surface area contributed by atoms with E-state index in [2.05, 4.69) is 17.4 Å².